The van der Waals surface area contributed by atoms with Gasteiger partial charge in [0, 0.05) is 45.2 Å². The standard InChI is InChI=1S/C11H24N4O/c1-2-10(9-11(12)13)15-5-3-14(4-6-15)7-8-16/h10,16H,2-9H2,1H3,(H3,12,13). The van der Waals surface area contributed by atoms with E-state index in [0.717, 1.165) is 39.1 Å². The molecule has 1 aliphatic heterocycles. The number of hydrogen-bond donors (Lipinski definition) is 3. The van der Waals surface area contributed by atoms with Crippen LogP contribution in [0.25, 0.3) is 0 Å². The first-order valence-electron chi connectivity index (χ1n) is 6.07. The van der Waals surface area contributed by atoms with Gasteiger partial charge in [-0.25, -0.2) is 0 Å². The minimum atomic E-state index is 0.241. The number of nitrogens with two attached hydrogens (primary N) is 1. The second-order valence-corrected chi connectivity index (χ2v) is 4.39. The van der Waals surface area contributed by atoms with Gasteiger partial charge in [0.1, 0.15) is 0 Å². The second kappa shape index (κ2) is 6.83. The lowest BCUT2D eigenvalue weighted by Crippen LogP contribution is -2.51. The van der Waals surface area contributed by atoms with E-state index in [4.69, 9.17) is 16.2 Å². The highest BCUT2D eigenvalue weighted by Crippen LogP contribution is 2.12. The van der Waals surface area contributed by atoms with Crippen LogP contribution in [-0.4, -0.2) is 66.1 Å². The van der Waals surface area contributed by atoms with E-state index in [1.807, 2.05) is 0 Å². The maximum absolute atomic E-state index is 8.86. The first-order chi connectivity index (χ1) is 7.67. The van der Waals surface area contributed by atoms with Crippen LogP contribution in [0.1, 0.15) is 19.8 Å². The first kappa shape index (κ1) is 13.4. The second-order valence-electron chi connectivity index (χ2n) is 4.39. The first-order valence-corrected chi connectivity index (χ1v) is 6.07. The highest BCUT2D eigenvalue weighted by molar-refractivity contribution is 5.77. The molecule has 94 valence electrons. The Labute approximate surface area is 97.7 Å². The van der Waals surface area contributed by atoms with E-state index in [0.29, 0.717) is 12.5 Å². The molecule has 16 heavy (non-hydrogen) atoms. The Balaban J connectivity index is 2.35. The molecule has 5 nitrogen and oxygen atoms in total. The molecule has 1 heterocycles. The largest absolute Gasteiger partial charge is 0.395 e. The van der Waals surface area contributed by atoms with Gasteiger partial charge in [-0.15, -0.1) is 0 Å². The number of nitrogens with zero attached hydrogens (tertiary/aromatic N) is 2. The summed E-state index contributed by atoms with van der Waals surface area (Å²) in [5.74, 6) is 0.282. The molecule has 0 aromatic heterocycles. The predicted octanol–water partition coefficient (Wildman–Crippen LogP) is -0.299. The van der Waals surface area contributed by atoms with Crippen molar-refractivity contribution >= 4 is 5.84 Å². The van der Waals surface area contributed by atoms with Gasteiger partial charge in [-0.1, -0.05) is 6.92 Å². The normalized spacial score (nSPS) is 20.9. The van der Waals surface area contributed by atoms with Gasteiger partial charge >= 0.3 is 0 Å². The molecule has 0 radical (unpaired) electrons. The van der Waals surface area contributed by atoms with E-state index in [1.54, 1.807) is 0 Å². The Morgan fingerprint density at radius 1 is 1.38 bits per heavy atom. The molecular weight excluding hydrogens is 204 g/mol. The molecule has 1 fully saturated rings. The number of aliphatic hydroxyl groups is 1. The quantitative estimate of drug-likeness (QED) is 0.431. The summed E-state index contributed by atoms with van der Waals surface area (Å²) in [6.45, 7) is 7.22. The van der Waals surface area contributed by atoms with E-state index in [2.05, 4.69) is 16.7 Å². The van der Waals surface area contributed by atoms with E-state index < -0.39 is 0 Å². The molecule has 0 aromatic carbocycles. The number of amidine groups is 1. The molecule has 0 spiro atoms. The minimum absolute atomic E-state index is 0.241. The van der Waals surface area contributed by atoms with Crippen LogP contribution in [0.2, 0.25) is 0 Å². The van der Waals surface area contributed by atoms with E-state index in [9.17, 15) is 0 Å². The van der Waals surface area contributed by atoms with Crippen molar-refractivity contribution in [2.45, 2.75) is 25.8 Å². The molecular formula is C11H24N4O. The van der Waals surface area contributed by atoms with Crippen LogP contribution in [0.4, 0.5) is 0 Å². The van der Waals surface area contributed by atoms with E-state index >= 15 is 0 Å². The monoisotopic (exact) mass is 228 g/mol. The fourth-order valence-corrected chi connectivity index (χ4v) is 2.28. The lowest BCUT2D eigenvalue weighted by Gasteiger charge is -2.38. The summed E-state index contributed by atoms with van der Waals surface area (Å²) in [6, 6.07) is 0.411. The predicted molar refractivity (Wildman–Crippen MR) is 65.7 cm³/mol. The van der Waals surface area contributed by atoms with E-state index in [-0.39, 0.29) is 12.4 Å². The van der Waals surface area contributed by atoms with Gasteiger partial charge in [0.15, 0.2) is 0 Å². The molecule has 0 aliphatic carbocycles. The fraction of sp³-hybridized carbons (Fsp3) is 0.909. The molecule has 0 bridgehead atoms. The SMILES string of the molecule is CCC(CC(=N)N)N1CCN(CCO)CC1. The summed E-state index contributed by atoms with van der Waals surface area (Å²) in [5.41, 5.74) is 5.46. The molecule has 0 aromatic rings. The van der Waals surface area contributed by atoms with Gasteiger partial charge < -0.3 is 10.8 Å². The Hall–Kier alpha value is -0.650. The Morgan fingerprint density at radius 2 is 2.00 bits per heavy atom. The molecule has 5 heteroatoms. The van der Waals surface area contributed by atoms with Crippen LogP contribution >= 0.6 is 0 Å². The average molecular weight is 228 g/mol. The third kappa shape index (κ3) is 4.08. The van der Waals surface area contributed by atoms with Gasteiger partial charge in [-0.05, 0) is 6.42 Å². The zero-order valence-electron chi connectivity index (χ0n) is 10.2. The van der Waals surface area contributed by atoms with Crippen molar-refractivity contribution in [1.82, 2.24) is 9.80 Å². The van der Waals surface area contributed by atoms with Gasteiger partial charge in [-0.2, -0.15) is 0 Å². The van der Waals surface area contributed by atoms with Crippen LogP contribution in [0.5, 0.6) is 0 Å². The van der Waals surface area contributed by atoms with Crippen molar-refractivity contribution in [2.24, 2.45) is 5.73 Å². The topological polar surface area (TPSA) is 76.6 Å². The Bertz CT molecular complexity index is 214. The maximum Gasteiger partial charge on any atom is 0.0921 e. The average Bonchev–Trinajstić information content (AvgIpc) is 2.27. The van der Waals surface area contributed by atoms with Crippen LogP contribution in [0.3, 0.4) is 0 Å². The molecule has 1 atom stereocenters. The third-order valence-electron chi connectivity index (χ3n) is 3.27. The highest BCUT2D eigenvalue weighted by atomic mass is 16.3. The smallest absolute Gasteiger partial charge is 0.0921 e. The van der Waals surface area contributed by atoms with E-state index in [1.165, 1.54) is 0 Å². The molecule has 1 unspecified atom stereocenters. The number of rotatable bonds is 6. The maximum atomic E-state index is 8.86. The van der Waals surface area contributed by atoms with Crippen LogP contribution in [-0.2, 0) is 0 Å². The lowest BCUT2D eigenvalue weighted by atomic mass is 10.1. The number of piperazine rings is 1. The summed E-state index contributed by atoms with van der Waals surface area (Å²) < 4.78 is 0. The van der Waals surface area contributed by atoms with Crippen molar-refractivity contribution in [3.63, 3.8) is 0 Å². The minimum Gasteiger partial charge on any atom is -0.395 e. The van der Waals surface area contributed by atoms with Gasteiger partial charge in [0.05, 0.1) is 12.4 Å². The molecule has 0 saturated carbocycles. The Morgan fingerprint density at radius 3 is 2.44 bits per heavy atom. The molecule has 0 amide bonds. The van der Waals surface area contributed by atoms with Crippen LogP contribution < -0.4 is 5.73 Å². The zero-order chi connectivity index (χ0) is 12.0. The summed E-state index contributed by atoms with van der Waals surface area (Å²) in [4.78, 5) is 4.69. The van der Waals surface area contributed by atoms with Crippen LogP contribution in [0.15, 0.2) is 0 Å². The van der Waals surface area contributed by atoms with Crippen LogP contribution in [0, 0.1) is 5.41 Å². The van der Waals surface area contributed by atoms with Crippen molar-refractivity contribution < 1.29 is 5.11 Å². The summed E-state index contributed by atoms with van der Waals surface area (Å²) in [7, 11) is 0. The third-order valence-corrected chi connectivity index (χ3v) is 3.27. The van der Waals surface area contributed by atoms with Crippen molar-refractivity contribution in [3.05, 3.63) is 0 Å². The molecule has 1 aliphatic rings. The van der Waals surface area contributed by atoms with Crippen molar-refractivity contribution in [2.75, 3.05) is 39.3 Å². The Kier molecular flexibility index (Phi) is 5.73. The van der Waals surface area contributed by atoms with Gasteiger partial charge in [0.2, 0.25) is 0 Å². The molecule has 4 N–H and O–H groups in total. The fourth-order valence-electron chi connectivity index (χ4n) is 2.28. The highest BCUT2D eigenvalue weighted by Gasteiger charge is 2.22. The lowest BCUT2D eigenvalue weighted by molar-refractivity contribution is 0.0840. The summed E-state index contributed by atoms with van der Waals surface area (Å²) in [5, 5.41) is 16.2. The van der Waals surface area contributed by atoms with Crippen molar-refractivity contribution in [1.29, 1.82) is 5.41 Å². The van der Waals surface area contributed by atoms with Gasteiger partial charge in [-0.3, -0.25) is 15.2 Å². The number of β-amino-alcohol motifs (C(OH)–C–C–N with tert-alkyl or cyclic N) is 1. The molecule has 1 saturated heterocycles. The number of hydrogen-bond acceptors (Lipinski definition) is 4. The zero-order valence-corrected chi connectivity index (χ0v) is 10.2. The van der Waals surface area contributed by atoms with Gasteiger partial charge in [0.25, 0.3) is 0 Å². The summed E-state index contributed by atoms with van der Waals surface area (Å²) in [6.07, 6.45) is 1.72. The number of aliphatic hydroxyl groups excluding tert-OH is 1. The number of nitrogens with one attached hydrogen (secondary N) is 1. The summed E-state index contributed by atoms with van der Waals surface area (Å²) >= 11 is 0. The van der Waals surface area contributed by atoms with Crippen molar-refractivity contribution in [3.8, 4) is 0 Å². The molecule has 1 rings (SSSR count).